The molecule has 0 spiro atoms. The predicted molar refractivity (Wildman–Crippen MR) is 88.7 cm³/mol. The largest absolute Gasteiger partial charge is 0.493 e. The lowest BCUT2D eigenvalue weighted by molar-refractivity contribution is -0.119. The predicted octanol–water partition coefficient (Wildman–Crippen LogP) is 2.07. The van der Waals surface area contributed by atoms with Crippen molar-refractivity contribution < 1.29 is 19.1 Å². The van der Waals surface area contributed by atoms with Gasteiger partial charge in [0.1, 0.15) is 0 Å². The molecule has 2 N–H and O–H groups in total. The van der Waals surface area contributed by atoms with Gasteiger partial charge in [-0.1, -0.05) is 13.8 Å². The van der Waals surface area contributed by atoms with Gasteiger partial charge in [0.25, 0.3) is 5.91 Å². The van der Waals surface area contributed by atoms with Gasteiger partial charge in [0.05, 0.1) is 20.3 Å². The lowest BCUT2D eigenvalue weighted by Gasteiger charge is -2.25. The average molecular weight is 322 g/mol. The van der Waals surface area contributed by atoms with Crippen molar-refractivity contribution in [2.75, 3.05) is 20.3 Å². The van der Waals surface area contributed by atoms with Crippen molar-refractivity contribution in [3.05, 3.63) is 23.8 Å². The normalized spacial score (nSPS) is 10.7. The average Bonchev–Trinajstić information content (AvgIpc) is 2.49. The van der Waals surface area contributed by atoms with E-state index in [-0.39, 0.29) is 18.5 Å². The fourth-order valence-corrected chi connectivity index (χ4v) is 2.00. The number of hydrogen-bond donors (Lipinski definition) is 1. The zero-order valence-corrected chi connectivity index (χ0v) is 14.5. The minimum Gasteiger partial charge on any atom is -0.493 e. The van der Waals surface area contributed by atoms with Gasteiger partial charge >= 0.3 is 0 Å². The number of methoxy groups -OCH3 is 1. The highest BCUT2D eigenvalue weighted by Gasteiger charge is 2.22. The SMILES string of the molecule is COc1cc(C(=O)N(CC(N)=O)C(C)C)ccc1OCC(C)C. The van der Waals surface area contributed by atoms with Crippen LogP contribution in [0.5, 0.6) is 11.5 Å². The van der Waals surface area contributed by atoms with Crippen LogP contribution in [-0.2, 0) is 4.79 Å². The Morgan fingerprint density at radius 3 is 2.30 bits per heavy atom. The Bertz CT molecular complexity index is 556. The van der Waals surface area contributed by atoms with Gasteiger partial charge in [-0.2, -0.15) is 0 Å². The second kappa shape index (κ2) is 8.41. The van der Waals surface area contributed by atoms with Gasteiger partial charge in [-0.05, 0) is 38.0 Å². The zero-order chi connectivity index (χ0) is 17.6. The molecule has 0 aliphatic rings. The molecule has 0 radical (unpaired) electrons. The van der Waals surface area contributed by atoms with E-state index in [1.54, 1.807) is 18.2 Å². The van der Waals surface area contributed by atoms with Gasteiger partial charge < -0.3 is 20.1 Å². The zero-order valence-electron chi connectivity index (χ0n) is 14.5. The Morgan fingerprint density at radius 2 is 1.83 bits per heavy atom. The number of amides is 2. The van der Waals surface area contributed by atoms with Crippen molar-refractivity contribution in [2.45, 2.75) is 33.7 Å². The highest BCUT2D eigenvalue weighted by atomic mass is 16.5. The number of nitrogens with zero attached hydrogens (tertiary/aromatic N) is 1. The molecule has 6 nitrogen and oxygen atoms in total. The van der Waals surface area contributed by atoms with Crippen LogP contribution in [0.25, 0.3) is 0 Å². The van der Waals surface area contributed by atoms with Crippen LogP contribution in [0.4, 0.5) is 0 Å². The summed E-state index contributed by atoms with van der Waals surface area (Å²) in [5, 5.41) is 0. The summed E-state index contributed by atoms with van der Waals surface area (Å²) in [5.74, 6) is 0.638. The first-order chi connectivity index (χ1) is 10.8. The number of primary amides is 1. The fourth-order valence-electron chi connectivity index (χ4n) is 2.00. The minimum absolute atomic E-state index is 0.121. The topological polar surface area (TPSA) is 81.9 Å². The molecule has 23 heavy (non-hydrogen) atoms. The summed E-state index contributed by atoms with van der Waals surface area (Å²) in [6.45, 7) is 8.20. The van der Waals surface area contributed by atoms with Crippen LogP contribution in [0, 0.1) is 5.92 Å². The van der Waals surface area contributed by atoms with Crippen molar-refractivity contribution in [3.8, 4) is 11.5 Å². The van der Waals surface area contributed by atoms with E-state index in [9.17, 15) is 9.59 Å². The summed E-state index contributed by atoms with van der Waals surface area (Å²) in [6.07, 6.45) is 0. The first-order valence-corrected chi connectivity index (χ1v) is 7.66. The van der Waals surface area contributed by atoms with E-state index < -0.39 is 5.91 Å². The van der Waals surface area contributed by atoms with E-state index in [1.807, 2.05) is 13.8 Å². The van der Waals surface area contributed by atoms with Crippen LogP contribution >= 0.6 is 0 Å². The van der Waals surface area contributed by atoms with Gasteiger partial charge in [-0.3, -0.25) is 9.59 Å². The second-order valence-electron chi connectivity index (χ2n) is 6.06. The van der Waals surface area contributed by atoms with E-state index in [4.69, 9.17) is 15.2 Å². The quantitative estimate of drug-likeness (QED) is 0.794. The van der Waals surface area contributed by atoms with Crippen molar-refractivity contribution in [2.24, 2.45) is 11.7 Å². The molecular formula is C17H26N2O4. The molecule has 0 saturated carbocycles. The number of nitrogens with two attached hydrogens (primary N) is 1. The maximum Gasteiger partial charge on any atom is 0.254 e. The molecule has 1 rings (SSSR count). The first kappa shape index (κ1) is 18.8. The number of hydrogen-bond acceptors (Lipinski definition) is 4. The molecule has 1 aromatic carbocycles. The lowest BCUT2D eigenvalue weighted by atomic mass is 10.1. The third-order valence-electron chi connectivity index (χ3n) is 3.19. The maximum absolute atomic E-state index is 12.6. The molecule has 0 bridgehead atoms. The number of ether oxygens (including phenoxy) is 2. The maximum atomic E-state index is 12.6. The number of benzene rings is 1. The van der Waals surface area contributed by atoms with Gasteiger partial charge in [-0.15, -0.1) is 0 Å². The minimum atomic E-state index is -0.545. The molecule has 0 aliphatic carbocycles. The summed E-state index contributed by atoms with van der Waals surface area (Å²) in [5.41, 5.74) is 5.64. The first-order valence-electron chi connectivity index (χ1n) is 7.66. The highest BCUT2D eigenvalue weighted by Crippen LogP contribution is 2.29. The third-order valence-corrected chi connectivity index (χ3v) is 3.19. The summed E-state index contributed by atoms with van der Waals surface area (Å²) in [7, 11) is 1.52. The molecule has 0 aliphatic heterocycles. The Labute approximate surface area is 137 Å². The summed E-state index contributed by atoms with van der Waals surface area (Å²) >= 11 is 0. The van der Waals surface area contributed by atoms with Crippen LogP contribution in [0.1, 0.15) is 38.1 Å². The molecule has 0 unspecified atom stereocenters. The molecule has 0 saturated heterocycles. The van der Waals surface area contributed by atoms with E-state index >= 15 is 0 Å². The van der Waals surface area contributed by atoms with Gasteiger partial charge in [0, 0.05) is 11.6 Å². The fraction of sp³-hybridized carbons (Fsp3) is 0.529. The van der Waals surface area contributed by atoms with Crippen LogP contribution in [0.3, 0.4) is 0 Å². The van der Waals surface area contributed by atoms with Crippen LogP contribution in [0.15, 0.2) is 18.2 Å². The molecule has 0 fully saturated rings. The van der Waals surface area contributed by atoms with Gasteiger partial charge in [0.15, 0.2) is 11.5 Å². The van der Waals surface area contributed by atoms with E-state index in [1.165, 1.54) is 12.0 Å². The Hall–Kier alpha value is -2.24. The van der Waals surface area contributed by atoms with Crippen LogP contribution in [0.2, 0.25) is 0 Å². The number of rotatable bonds is 8. The standard InChI is InChI=1S/C17H26N2O4/c1-11(2)10-23-14-7-6-13(8-15(14)22-5)17(21)19(12(3)4)9-16(18)20/h6-8,11-12H,9-10H2,1-5H3,(H2,18,20). The van der Waals surface area contributed by atoms with E-state index in [0.717, 1.165) is 0 Å². The van der Waals surface area contributed by atoms with Crippen molar-refractivity contribution >= 4 is 11.8 Å². The molecule has 1 aromatic rings. The Balaban J connectivity index is 3.03. The third kappa shape index (κ3) is 5.47. The van der Waals surface area contributed by atoms with Crippen molar-refractivity contribution in [1.29, 1.82) is 0 Å². The van der Waals surface area contributed by atoms with Crippen LogP contribution in [-0.4, -0.2) is 43.0 Å². The number of carbonyl (C=O) groups excluding carboxylic acids is 2. The monoisotopic (exact) mass is 322 g/mol. The second-order valence-corrected chi connectivity index (χ2v) is 6.06. The molecule has 0 heterocycles. The lowest BCUT2D eigenvalue weighted by Crippen LogP contribution is -2.42. The van der Waals surface area contributed by atoms with Gasteiger partial charge in [0.2, 0.25) is 5.91 Å². The van der Waals surface area contributed by atoms with Crippen LogP contribution < -0.4 is 15.2 Å². The molecule has 0 aromatic heterocycles. The molecule has 6 heteroatoms. The summed E-state index contributed by atoms with van der Waals surface area (Å²) < 4.78 is 11.0. The molecule has 128 valence electrons. The van der Waals surface area contributed by atoms with Crippen molar-refractivity contribution in [1.82, 2.24) is 4.90 Å². The smallest absolute Gasteiger partial charge is 0.254 e. The van der Waals surface area contributed by atoms with E-state index in [2.05, 4.69) is 13.8 Å². The van der Waals surface area contributed by atoms with Gasteiger partial charge in [-0.25, -0.2) is 0 Å². The molecule has 0 atom stereocenters. The highest BCUT2D eigenvalue weighted by molar-refractivity contribution is 5.97. The van der Waals surface area contributed by atoms with E-state index in [0.29, 0.717) is 29.6 Å². The molecule has 2 amide bonds. The Morgan fingerprint density at radius 1 is 1.17 bits per heavy atom. The molecular weight excluding hydrogens is 296 g/mol. The van der Waals surface area contributed by atoms with Crippen molar-refractivity contribution in [3.63, 3.8) is 0 Å². The summed E-state index contributed by atoms with van der Waals surface area (Å²) in [6, 6.07) is 4.85. The Kier molecular flexibility index (Phi) is 6.88. The summed E-state index contributed by atoms with van der Waals surface area (Å²) in [4.78, 5) is 25.2. The number of carbonyl (C=O) groups is 2.